The van der Waals surface area contributed by atoms with Crippen molar-refractivity contribution in [3.05, 3.63) is 83.1 Å². The van der Waals surface area contributed by atoms with E-state index in [1.165, 1.54) is 11.1 Å². The average Bonchev–Trinajstić information content (AvgIpc) is 3.28. The van der Waals surface area contributed by atoms with Crippen molar-refractivity contribution in [2.24, 2.45) is 5.92 Å². The highest BCUT2D eigenvalue weighted by molar-refractivity contribution is 6.14. The minimum atomic E-state index is -1.11. The minimum Gasteiger partial charge on any atom is -0.848 e. The number of fused-ring (bicyclic) bond motifs is 2. The molecule has 40 heavy (non-hydrogen) atoms. The second-order valence-corrected chi connectivity index (χ2v) is 12.2. The monoisotopic (exact) mass is 540 g/mol. The van der Waals surface area contributed by atoms with Crippen LogP contribution in [0.5, 0.6) is 0 Å². The first-order valence-corrected chi connectivity index (χ1v) is 14.5. The van der Waals surface area contributed by atoms with Crippen LogP contribution in [-0.4, -0.2) is 46.3 Å². The highest BCUT2D eigenvalue weighted by Gasteiger charge is 2.47. The number of likely N-dealkylation sites (N-methyl/N-ethyl adjacent to an activating group) is 1. The summed E-state index contributed by atoms with van der Waals surface area (Å²) in [7, 11) is 0. The van der Waals surface area contributed by atoms with Gasteiger partial charge >= 0.3 is 5.97 Å². The van der Waals surface area contributed by atoms with Crippen molar-refractivity contribution in [3.63, 3.8) is 0 Å². The zero-order valence-electron chi connectivity index (χ0n) is 24.2. The average molecular weight is 541 g/mol. The number of Topliss-reactive ketones (excluding diaryl/α,β-unsaturated/α-hetero) is 1. The Balaban J connectivity index is 1.44. The zero-order chi connectivity index (χ0) is 28.8. The van der Waals surface area contributed by atoms with Gasteiger partial charge in [-0.25, -0.2) is 0 Å². The molecule has 2 aromatic rings. The molecule has 1 aliphatic carbocycles. The van der Waals surface area contributed by atoms with Crippen LogP contribution < -0.4 is 10.0 Å². The van der Waals surface area contributed by atoms with Crippen molar-refractivity contribution in [2.45, 2.75) is 77.2 Å². The van der Waals surface area contributed by atoms with Gasteiger partial charge in [-0.05, 0) is 50.8 Å². The van der Waals surface area contributed by atoms with Gasteiger partial charge in [0.1, 0.15) is 6.54 Å². The summed E-state index contributed by atoms with van der Waals surface area (Å²) >= 11 is 0. The van der Waals surface area contributed by atoms with E-state index in [4.69, 9.17) is 5.11 Å². The molecule has 2 heterocycles. The zero-order valence-corrected chi connectivity index (χ0v) is 24.2. The van der Waals surface area contributed by atoms with Gasteiger partial charge in [-0.3, -0.25) is 9.59 Å². The number of anilines is 1. The summed E-state index contributed by atoms with van der Waals surface area (Å²) in [6.07, 6.45) is 5.12. The Labute approximate surface area is 237 Å². The van der Waals surface area contributed by atoms with E-state index in [9.17, 15) is 14.7 Å². The Bertz CT molecular complexity index is 1450. The van der Waals surface area contributed by atoms with E-state index in [2.05, 4.69) is 68.4 Å². The van der Waals surface area contributed by atoms with Crippen molar-refractivity contribution in [2.75, 3.05) is 18.0 Å². The van der Waals surface area contributed by atoms with Crippen LogP contribution in [0.25, 0.3) is 0 Å². The second kappa shape index (κ2) is 10.5. The van der Waals surface area contributed by atoms with Gasteiger partial charge in [-0.1, -0.05) is 62.4 Å². The van der Waals surface area contributed by atoms with Gasteiger partial charge in [-0.15, -0.1) is 0 Å². The number of aliphatic carboxylic acids is 1. The Kier molecular flexibility index (Phi) is 7.34. The summed E-state index contributed by atoms with van der Waals surface area (Å²) in [5, 5.41) is 22.6. The molecule has 2 aliphatic heterocycles. The first-order valence-electron chi connectivity index (χ1n) is 14.5. The SMILES string of the molecule is CCN1C(=CC2C(=O)C(=CC3=[N+](CCCCCC(=O)O)c4ccccc4C3(C)C)C2[O-])C(C)(C)c2ccccc21. The third-order valence-corrected chi connectivity index (χ3v) is 9.04. The number of para-hydroxylation sites is 2. The number of rotatable bonds is 9. The number of carboxylic acids is 1. The molecule has 2 unspecified atom stereocenters. The van der Waals surface area contributed by atoms with Crippen LogP contribution in [0.3, 0.4) is 0 Å². The summed E-state index contributed by atoms with van der Waals surface area (Å²) in [4.78, 5) is 26.7. The van der Waals surface area contributed by atoms with Crippen LogP contribution in [0.2, 0.25) is 0 Å². The molecule has 1 N–H and O–H groups in total. The molecule has 6 nitrogen and oxygen atoms in total. The maximum Gasteiger partial charge on any atom is 0.303 e. The lowest BCUT2D eigenvalue weighted by atomic mass is 9.71. The third-order valence-electron chi connectivity index (χ3n) is 9.04. The maximum absolute atomic E-state index is 13.6. The number of unbranched alkanes of at least 4 members (excludes halogenated alkanes) is 2. The molecule has 0 bridgehead atoms. The second-order valence-electron chi connectivity index (χ2n) is 12.2. The highest BCUT2D eigenvalue weighted by Crippen LogP contribution is 2.49. The van der Waals surface area contributed by atoms with E-state index in [-0.39, 0.29) is 23.0 Å². The summed E-state index contributed by atoms with van der Waals surface area (Å²) in [6, 6.07) is 16.5. The molecule has 1 saturated carbocycles. The van der Waals surface area contributed by atoms with Gasteiger partial charge in [0.15, 0.2) is 11.5 Å². The normalized spacial score (nSPS) is 24.4. The Morgan fingerprint density at radius 2 is 1.68 bits per heavy atom. The van der Waals surface area contributed by atoms with Crippen molar-refractivity contribution in [1.82, 2.24) is 0 Å². The van der Waals surface area contributed by atoms with Gasteiger partial charge < -0.3 is 15.1 Å². The number of ketones is 1. The Hall–Kier alpha value is -3.51. The van der Waals surface area contributed by atoms with E-state index >= 15 is 0 Å². The standard InChI is InChI=1S/C34H40N2O4/c1-6-35-26-16-11-9-14-24(26)33(2,3)28(35)20-22-31(39)23(32(22)40)21-29-34(4,5)25-15-10-12-17-27(25)36(29)19-13-7-8-18-30(37)38/h9-12,14-17,20-22,31H,6-8,13,18-19H2,1-5H3,(H,37,38). The van der Waals surface area contributed by atoms with Crippen LogP contribution in [-0.2, 0) is 20.4 Å². The Morgan fingerprint density at radius 1 is 1.00 bits per heavy atom. The number of benzene rings is 2. The highest BCUT2D eigenvalue weighted by atomic mass is 16.4. The van der Waals surface area contributed by atoms with Crippen molar-refractivity contribution in [1.29, 1.82) is 0 Å². The number of carboxylic acid groups (broad SMARTS) is 1. The van der Waals surface area contributed by atoms with Gasteiger partial charge in [0.2, 0.25) is 5.69 Å². The van der Waals surface area contributed by atoms with Gasteiger partial charge in [0.25, 0.3) is 0 Å². The van der Waals surface area contributed by atoms with E-state index in [0.29, 0.717) is 18.5 Å². The summed E-state index contributed by atoms with van der Waals surface area (Å²) in [6.45, 7) is 12.2. The number of carbonyl (C=O) groups excluding carboxylic acids is 1. The largest absolute Gasteiger partial charge is 0.848 e. The molecule has 2 atom stereocenters. The smallest absolute Gasteiger partial charge is 0.303 e. The topological polar surface area (TPSA) is 83.7 Å². The molecule has 5 rings (SSSR count). The summed E-state index contributed by atoms with van der Waals surface area (Å²) < 4.78 is 2.23. The predicted molar refractivity (Wildman–Crippen MR) is 156 cm³/mol. The fraction of sp³-hybridized carbons (Fsp3) is 0.441. The minimum absolute atomic E-state index is 0.0871. The number of hydrogen-bond donors (Lipinski definition) is 1. The number of carbonyl (C=O) groups is 2. The lowest BCUT2D eigenvalue weighted by Gasteiger charge is -2.43. The summed E-state index contributed by atoms with van der Waals surface area (Å²) in [5.41, 5.74) is 6.32. The van der Waals surface area contributed by atoms with Crippen LogP contribution in [0.1, 0.15) is 71.4 Å². The van der Waals surface area contributed by atoms with Crippen molar-refractivity contribution < 1.29 is 24.4 Å². The maximum atomic E-state index is 13.6. The van der Waals surface area contributed by atoms with Crippen LogP contribution in [0.4, 0.5) is 11.4 Å². The summed E-state index contributed by atoms with van der Waals surface area (Å²) in [5.74, 6) is -1.54. The molecule has 2 aromatic carbocycles. The molecule has 0 aromatic heterocycles. The molecular weight excluding hydrogens is 500 g/mol. The Morgan fingerprint density at radius 3 is 2.35 bits per heavy atom. The predicted octanol–water partition coefficient (Wildman–Crippen LogP) is 5.26. The van der Waals surface area contributed by atoms with Gasteiger partial charge in [-0.2, -0.15) is 4.58 Å². The molecule has 0 saturated heterocycles. The van der Waals surface area contributed by atoms with E-state index in [1.807, 2.05) is 36.4 Å². The first kappa shape index (κ1) is 28.0. The fourth-order valence-electron chi connectivity index (χ4n) is 6.75. The quantitative estimate of drug-likeness (QED) is 0.266. The molecule has 210 valence electrons. The van der Waals surface area contributed by atoms with E-state index in [1.54, 1.807) is 0 Å². The molecular formula is C34H40N2O4. The molecule has 1 fully saturated rings. The molecule has 0 spiro atoms. The van der Waals surface area contributed by atoms with Gasteiger partial charge in [0.05, 0.1) is 5.41 Å². The number of allylic oxidation sites excluding steroid dienone is 2. The van der Waals surface area contributed by atoms with Crippen molar-refractivity contribution in [3.8, 4) is 0 Å². The molecule has 0 amide bonds. The van der Waals surface area contributed by atoms with Crippen LogP contribution in [0, 0.1) is 5.92 Å². The number of nitrogens with zero attached hydrogens (tertiary/aromatic N) is 2. The van der Waals surface area contributed by atoms with E-state index in [0.717, 1.165) is 42.2 Å². The van der Waals surface area contributed by atoms with Crippen LogP contribution in [0.15, 0.2) is 72.0 Å². The third kappa shape index (κ3) is 4.52. The molecule has 6 heteroatoms. The lowest BCUT2D eigenvalue weighted by Crippen LogP contribution is -2.53. The fourth-order valence-corrected chi connectivity index (χ4v) is 6.75. The van der Waals surface area contributed by atoms with E-state index < -0.39 is 18.0 Å². The first-order chi connectivity index (χ1) is 19.0. The van der Waals surface area contributed by atoms with Gasteiger partial charge in [0, 0.05) is 59.8 Å². The molecule has 0 radical (unpaired) electrons. The van der Waals surface area contributed by atoms with Crippen LogP contribution >= 0.6 is 0 Å². The number of hydrogen-bond acceptors (Lipinski definition) is 4. The lowest BCUT2D eigenvalue weighted by molar-refractivity contribution is -0.438. The molecule has 3 aliphatic rings. The van der Waals surface area contributed by atoms with Crippen molar-refractivity contribution >= 4 is 28.8 Å².